The summed E-state index contributed by atoms with van der Waals surface area (Å²) in [6.45, 7) is 0. The Morgan fingerprint density at radius 2 is 1.72 bits per heavy atom. The van der Waals surface area contributed by atoms with Crippen molar-refractivity contribution in [3.63, 3.8) is 0 Å². The number of aromatic carboxylic acids is 1. The van der Waals surface area contributed by atoms with Crippen LogP contribution in [0.15, 0.2) is 60.7 Å². The van der Waals surface area contributed by atoms with Crippen molar-refractivity contribution in [3.05, 3.63) is 71.6 Å². The molecule has 0 aromatic heterocycles. The van der Waals surface area contributed by atoms with E-state index in [9.17, 15) is 9.90 Å². The summed E-state index contributed by atoms with van der Waals surface area (Å²) in [5.41, 5.74) is 4.49. The van der Waals surface area contributed by atoms with Crippen molar-refractivity contribution < 1.29 is 9.90 Å². The van der Waals surface area contributed by atoms with Gasteiger partial charge in [-0.05, 0) is 0 Å². The van der Waals surface area contributed by atoms with Crippen LogP contribution in [-0.4, -0.2) is 59.7 Å². The number of carbonyl (C=O) groups is 1. The quantitative estimate of drug-likeness (QED) is 0.267. The minimum atomic E-state index is -0.895. The van der Waals surface area contributed by atoms with E-state index in [1.54, 1.807) is 12.1 Å². The minimum absolute atomic E-state index is 0.343. The van der Waals surface area contributed by atoms with Crippen LogP contribution in [0.2, 0.25) is 0 Å². The molecule has 0 bridgehead atoms. The van der Waals surface area contributed by atoms with Crippen molar-refractivity contribution >= 4 is 40.9 Å². The second-order valence-corrected chi connectivity index (χ2v) is 10.6. The fourth-order valence-corrected chi connectivity index (χ4v) is 6.90. The Labute approximate surface area is 179 Å². The molecule has 0 atom stereocenters. The maximum atomic E-state index is 12.0. The van der Waals surface area contributed by atoms with Gasteiger partial charge in [0.15, 0.2) is 0 Å². The van der Waals surface area contributed by atoms with E-state index in [0.29, 0.717) is 5.56 Å². The van der Waals surface area contributed by atoms with Crippen LogP contribution < -0.4 is 14.8 Å². The maximum absolute atomic E-state index is 12.0. The van der Waals surface area contributed by atoms with Gasteiger partial charge in [-0.25, -0.2) is 0 Å². The molecule has 0 saturated carbocycles. The first kappa shape index (κ1) is 19.7. The van der Waals surface area contributed by atoms with Crippen LogP contribution in [0.4, 0.5) is 5.69 Å². The Kier molecular flexibility index (Phi) is 5.21. The van der Waals surface area contributed by atoms with Gasteiger partial charge in [-0.3, -0.25) is 0 Å². The SMILES string of the molecule is CN(C)c1ccc2c(-c3ccccc3C(=O)O)c3ccc(=[N+](C)C)cc-3[te]c2c1. The van der Waals surface area contributed by atoms with Gasteiger partial charge in [0, 0.05) is 0 Å². The molecule has 4 nitrogen and oxygen atoms in total. The second kappa shape index (κ2) is 7.66. The van der Waals surface area contributed by atoms with Gasteiger partial charge in [0.25, 0.3) is 0 Å². The molecule has 1 heterocycles. The zero-order chi connectivity index (χ0) is 20.7. The van der Waals surface area contributed by atoms with Crippen LogP contribution in [0, 0.1) is 0 Å². The number of fused-ring (bicyclic) bond motifs is 2. The Bertz CT molecular complexity index is 1280. The average Bonchev–Trinajstić information content (AvgIpc) is 2.70. The Hall–Kier alpha value is -2.61. The molecule has 0 amide bonds. The molecule has 29 heavy (non-hydrogen) atoms. The standard InChI is InChI=1S/C24H22N2O2Te/c1-25(2)15-9-11-19-21(13-15)29-22-14-16(26(3)4)10-12-20(22)23(19)17-7-5-6-8-18(17)24(27)28/h5-14H,1-4H3/p+1. The topological polar surface area (TPSA) is 43.6 Å². The molecule has 0 saturated heterocycles. The third-order valence-corrected chi connectivity index (χ3v) is 8.33. The zero-order valence-corrected chi connectivity index (χ0v) is 19.3. The molecule has 2 aliphatic rings. The predicted molar refractivity (Wildman–Crippen MR) is 121 cm³/mol. The number of carboxylic acid groups (broad SMARTS) is 1. The van der Waals surface area contributed by atoms with E-state index in [-0.39, 0.29) is 0 Å². The van der Waals surface area contributed by atoms with Crippen molar-refractivity contribution in [2.45, 2.75) is 0 Å². The number of rotatable bonds is 3. The predicted octanol–water partition coefficient (Wildman–Crippen LogP) is 3.46. The summed E-state index contributed by atoms with van der Waals surface area (Å²) in [6, 6.07) is 20.4. The number of nitrogens with zero attached hydrogens (tertiary/aromatic N) is 2. The molecular formula is C24H23N2O2Te+. The summed E-state index contributed by atoms with van der Waals surface area (Å²) in [6.07, 6.45) is 0. The molecule has 0 radical (unpaired) electrons. The molecule has 4 rings (SSSR count). The monoisotopic (exact) mass is 501 g/mol. The first-order valence-electron chi connectivity index (χ1n) is 9.38. The van der Waals surface area contributed by atoms with Gasteiger partial charge in [-0.15, -0.1) is 0 Å². The Morgan fingerprint density at radius 3 is 2.41 bits per heavy atom. The van der Waals surface area contributed by atoms with E-state index in [4.69, 9.17) is 0 Å². The van der Waals surface area contributed by atoms with Crippen molar-refractivity contribution in [1.29, 1.82) is 0 Å². The third-order valence-electron chi connectivity index (χ3n) is 5.15. The molecule has 1 aliphatic carbocycles. The van der Waals surface area contributed by atoms with Crippen LogP contribution in [0.5, 0.6) is 0 Å². The molecule has 0 unspecified atom stereocenters. The van der Waals surface area contributed by atoms with E-state index in [1.165, 1.54) is 18.0 Å². The van der Waals surface area contributed by atoms with Crippen LogP contribution in [0.1, 0.15) is 10.4 Å². The molecule has 1 N–H and O–H groups in total. The number of hydrogen-bond acceptors (Lipinski definition) is 2. The van der Waals surface area contributed by atoms with Crippen molar-refractivity contribution in [2.75, 3.05) is 33.1 Å². The first-order valence-corrected chi connectivity index (χ1v) is 11.7. The molecule has 0 spiro atoms. The van der Waals surface area contributed by atoms with Crippen molar-refractivity contribution in [2.24, 2.45) is 0 Å². The van der Waals surface area contributed by atoms with Gasteiger partial charge in [0.2, 0.25) is 0 Å². The average molecular weight is 499 g/mol. The summed E-state index contributed by atoms with van der Waals surface area (Å²) in [5.74, 6) is -0.895. The summed E-state index contributed by atoms with van der Waals surface area (Å²) < 4.78 is 4.81. The van der Waals surface area contributed by atoms with Crippen LogP contribution >= 0.6 is 0 Å². The number of benzene rings is 3. The van der Waals surface area contributed by atoms with E-state index in [2.05, 4.69) is 45.9 Å². The molecule has 5 heteroatoms. The van der Waals surface area contributed by atoms with Crippen LogP contribution in [0.25, 0.3) is 29.1 Å². The zero-order valence-electron chi connectivity index (χ0n) is 16.9. The molecule has 2 aromatic carbocycles. The van der Waals surface area contributed by atoms with E-state index in [0.717, 1.165) is 22.1 Å². The van der Waals surface area contributed by atoms with Gasteiger partial charge < -0.3 is 0 Å². The van der Waals surface area contributed by atoms with Crippen LogP contribution in [0.3, 0.4) is 0 Å². The molecule has 1 aliphatic heterocycles. The van der Waals surface area contributed by atoms with E-state index >= 15 is 0 Å². The van der Waals surface area contributed by atoms with Crippen molar-refractivity contribution in [3.8, 4) is 20.3 Å². The number of hydrogen-bond donors (Lipinski definition) is 1. The second-order valence-electron chi connectivity index (χ2n) is 7.48. The molecule has 0 fully saturated rings. The number of anilines is 1. The van der Waals surface area contributed by atoms with Gasteiger partial charge in [0.1, 0.15) is 0 Å². The fourth-order valence-electron chi connectivity index (χ4n) is 3.60. The summed E-state index contributed by atoms with van der Waals surface area (Å²) >= 11 is -0.594. The van der Waals surface area contributed by atoms with Gasteiger partial charge in [-0.1, -0.05) is 0 Å². The van der Waals surface area contributed by atoms with Gasteiger partial charge >= 0.3 is 180 Å². The Morgan fingerprint density at radius 1 is 0.966 bits per heavy atom. The summed E-state index contributed by atoms with van der Waals surface area (Å²) in [4.78, 5) is 14.1. The normalized spacial score (nSPS) is 11.0. The van der Waals surface area contributed by atoms with E-state index in [1.807, 2.05) is 40.3 Å². The van der Waals surface area contributed by atoms with Crippen molar-refractivity contribution in [1.82, 2.24) is 4.58 Å². The van der Waals surface area contributed by atoms with Gasteiger partial charge in [0.05, 0.1) is 0 Å². The summed E-state index contributed by atoms with van der Waals surface area (Å²) in [5, 5.41) is 12.1. The molecule has 146 valence electrons. The third kappa shape index (κ3) is 3.57. The molecular weight excluding hydrogens is 476 g/mol. The molecule has 2 aromatic rings. The van der Waals surface area contributed by atoms with Crippen LogP contribution in [-0.2, 0) is 0 Å². The Balaban J connectivity index is 2.19. The number of carboxylic acids is 1. The van der Waals surface area contributed by atoms with Gasteiger partial charge in [-0.2, -0.15) is 0 Å². The summed E-state index contributed by atoms with van der Waals surface area (Å²) in [7, 11) is 8.20. The first-order chi connectivity index (χ1) is 13.9. The fraction of sp³-hybridized carbons (Fsp3) is 0.167. The van der Waals surface area contributed by atoms with E-state index < -0.39 is 26.4 Å².